The van der Waals surface area contributed by atoms with Crippen LogP contribution in [-0.2, 0) is 7.05 Å². The van der Waals surface area contributed by atoms with Crippen LogP contribution < -0.4 is 15.4 Å². The summed E-state index contributed by atoms with van der Waals surface area (Å²) in [7, 11) is 1.86. The molecule has 4 rings (SSSR count). The summed E-state index contributed by atoms with van der Waals surface area (Å²) in [5.74, 6) is 2.15. The monoisotopic (exact) mass is 431 g/mol. The molecule has 1 saturated heterocycles. The van der Waals surface area contributed by atoms with Gasteiger partial charge < -0.3 is 10.1 Å². The maximum Gasteiger partial charge on any atom is 0.320 e. The maximum atomic E-state index is 12.5. The van der Waals surface area contributed by atoms with Gasteiger partial charge in [0.05, 0.1) is 5.69 Å². The van der Waals surface area contributed by atoms with Crippen molar-refractivity contribution in [2.45, 2.75) is 50.7 Å². The van der Waals surface area contributed by atoms with Crippen molar-refractivity contribution in [2.24, 2.45) is 7.05 Å². The van der Waals surface area contributed by atoms with Crippen LogP contribution in [0.25, 0.3) is 0 Å². The fourth-order valence-electron chi connectivity index (χ4n) is 3.63. The second-order valence-corrected chi connectivity index (χ2v) is 9.46. The van der Waals surface area contributed by atoms with Gasteiger partial charge in [-0.2, -0.15) is 5.10 Å². The number of nitrogens with one attached hydrogen (secondary N) is 2. The first-order chi connectivity index (χ1) is 14.3. The highest BCUT2D eigenvalue weighted by Crippen LogP contribution is 2.39. The quantitative estimate of drug-likeness (QED) is 0.662. The second kappa shape index (κ2) is 8.47. The van der Waals surface area contributed by atoms with Gasteiger partial charge in [0, 0.05) is 49.2 Å². The van der Waals surface area contributed by atoms with Gasteiger partial charge in [-0.05, 0) is 57.4 Å². The van der Waals surface area contributed by atoms with Crippen LogP contribution in [0.15, 0.2) is 30.3 Å². The molecule has 0 spiro atoms. The van der Waals surface area contributed by atoms with Crippen LogP contribution in [-0.4, -0.2) is 52.0 Å². The molecule has 2 aliphatic rings. The van der Waals surface area contributed by atoms with E-state index >= 15 is 0 Å². The number of carbonyl (C=O) groups excluding carboxylic acids is 1. The average Bonchev–Trinajstić information content (AvgIpc) is 3.43. The molecule has 0 bridgehead atoms. The molecule has 8 heteroatoms. The number of ether oxygens (including phenoxy) is 1. The van der Waals surface area contributed by atoms with Gasteiger partial charge in [-0.15, -0.1) is 0 Å². The molecular weight excluding hydrogens is 402 g/mol. The van der Waals surface area contributed by atoms with E-state index in [1.54, 1.807) is 4.68 Å². The second-order valence-electron chi connectivity index (χ2n) is 9.02. The first kappa shape index (κ1) is 21.0. The van der Waals surface area contributed by atoms with Gasteiger partial charge in [0.2, 0.25) is 0 Å². The van der Waals surface area contributed by atoms with Gasteiger partial charge in [-0.25, -0.2) is 4.79 Å². The Morgan fingerprint density at radius 3 is 2.63 bits per heavy atom. The zero-order valence-corrected chi connectivity index (χ0v) is 18.6. The van der Waals surface area contributed by atoms with Crippen molar-refractivity contribution in [1.82, 2.24) is 20.0 Å². The minimum absolute atomic E-state index is 0.196. The molecule has 1 aliphatic carbocycles. The van der Waals surface area contributed by atoms with E-state index in [9.17, 15) is 4.79 Å². The van der Waals surface area contributed by atoms with Crippen LogP contribution in [0.3, 0.4) is 0 Å². The number of anilines is 1. The lowest BCUT2D eigenvalue weighted by Crippen LogP contribution is -2.56. The first-order valence-corrected chi connectivity index (χ1v) is 10.9. The van der Waals surface area contributed by atoms with Crippen LogP contribution >= 0.6 is 11.6 Å². The minimum Gasteiger partial charge on any atom is -0.488 e. The Morgan fingerprint density at radius 2 is 1.97 bits per heavy atom. The number of halogens is 1. The van der Waals surface area contributed by atoms with Crippen LogP contribution in [0.4, 0.5) is 10.6 Å². The highest BCUT2D eigenvalue weighted by atomic mass is 35.5. The highest BCUT2D eigenvalue weighted by Gasteiger charge is 2.31. The molecule has 0 unspecified atom stereocenters. The van der Waals surface area contributed by atoms with Crippen LogP contribution in [0.1, 0.15) is 44.7 Å². The van der Waals surface area contributed by atoms with Crippen molar-refractivity contribution >= 4 is 23.4 Å². The molecule has 1 saturated carbocycles. The van der Waals surface area contributed by atoms with Crippen LogP contribution in [0, 0.1) is 0 Å². The molecule has 1 aliphatic heterocycles. The van der Waals surface area contributed by atoms with E-state index in [4.69, 9.17) is 16.3 Å². The molecule has 7 nitrogen and oxygen atoms in total. The summed E-state index contributed by atoms with van der Waals surface area (Å²) in [4.78, 5) is 14.8. The number of aryl methyl sites for hydroxylation is 1. The normalized spacial score (nSPS) is 17.5. The average molecular weight is 432 g/mol. The maximum absolute atomic E-state index is 12.5. The van der Waals surface area contributed by atoms with Crippen molar-refractivity contribution < 1.29 is 9.53 Å². The Bertz CT molecular complexity index is 885. The highest BCUT2D eigenvalue weighted by molar-refractivity contribution is 6.30. The Balaban J connectivity index is 1.17. The van der Waals surface area contributed by atoms with E-state index in [1.165, 1.54) is 12.8 Å². The number of carbonyl (C=O) groups is 1. The summed E-state index contributed by atoms with van der Waals surface area (Å²) in [5.41, 5.74) is 0.754. The van der Waals surface area contributed by atoms with E-state index in [1.807, 2.05) is 51.2 Å². The third-order valence-corrected chi connectivity index (χ3v) is 5.93. The molecule has 2 fully saturated rings. The lowest BCUT2D eigenvalue weighted by molar-refractivity contribution is 0.0157. The standard InChI is InChI=1S/C22H30ClN5O2/c1-22(2,25-21(29)24-20-12-19(15-4-5-15)26-27(20)3)10-11-28-13-18(14-28)30-17-8-6-16(23)7-9-17/h6-9,12,15,18H,4-5,10-11,13-14H2,1-3H3,(H2,24,25,29). The van der Waals surface area contributed by atoms with Gasteiger partial charge in [-0.3, -0.25) is 14.9 Å². The molecule has 2 heterocycles. The molecule has 2 aromatic rings. The number of amides is 2. The minimum atomic E-state index is -0.315. The number of hydrogen-bond acceptors (Lipinski definition) is 4. The van der Waals surface area contributed by atoms with Crippen molar-refractivity contribution in [1.29, 1.82) is 0 Å². The van der Waals surface area contributed by atoms with Gasteiger partial charge >= 0.3 is 6.03 Å². The van der Waals surface area contributed by atoms with Crippen LogP contribution in [0.2, 0.25) is 5.02 Å². The number of hydrogen-bond donors (Lipinski definition) is 2. The molecule has 1 aromatic heterocycles. The Kier molecular flexibility index (Phi) is 5.93. The van der Waals surface area contributed by atoms with Gasteiger partial charge in [0.15, 0.2) is 0 Å². The molecule has 30 heavy (non-hydrogen) atoms. The van der Waals surface area contributed by atoms with E-state index in [0.717, 1.165) is 43.3 Å². The summed E-state index contributed by atoms with van der Waals surface area (Å²) in [6, 6.07) is 9.25. The predicted molar refractivity (Wildman–Crippen MR) is 118 cm³/mol. The van der Waals surface area contributed by atoms with E-state index in [0.29, 0.717) is 10.9 Å². The number of rotatable bonds is 8. The largest absolute Gasteiger partial charge is 0.488 e. The summed E-state index contributed by atoms with van der Waals surface area (Å²) < 4.78 is 7.68. The molecule has 0 atom stereocenters. The Hall–Kier alpha value is -2.25. The number of aromatic nitrogens is 2. The summed E-state index contributed by atoms with van der Waals surface area (Å²) in [6.45, 7) is 6.79. The van der Waals surface area contributed by atoms with Gasteiger partial charge in [0.1, 0.15) is 17.7 Å². The summed E-state index contributed by atoms with van der Waals surface area (Å²) in [6.07, 6.45) is 3.44. The zero-order valence-electron chi connectivity index (χ0n) is 17.8. The molecular formula is C22H30ClN5O2. The van der Waals surface area contributed by atoms with Crippen molar-refractivity contribution in [3.63, 3.8) is 0 Å². The summed E-state index contributed by atoms with van der Waals surface area (Å²) in [5, 5.41) is 11.2. The molecule has 162 valence electrons. The number of urea groups is 1. The molecule has 2 amide bonds. The third-order valence-electron chi connectivity index (χ3n) is 5.68. The lowest BCUT2D eigenvalue weighted by atomic mass is 9.99. The van der Waals surface area contributed by atoms with Gasteiger partial charge in [-0.1, -0.05) is 11.6 Å². The lowest BCUT2D eigenvalue weighted by Gasteiger charge is -2.40. The SMILES string of the molecule is Cn1nc(C2CC2)cc1NC(=O)NC(C)(C)CCN1CC(Oc2ccc(Cl)cc2)C1. The number of nitrogens with zero attached hydrogens (tertiary/aromatic N) is 3. The van der Waals surface area contributed by atoms with Crippen molar-refractivity contribution in [2.75, 3.05) is 25.0 Å². The Labute approximate surface area is 182 Å². The fourth-order valence-corrected chi connectivity index (χ4v) is 3.75. The first-order valence-electron chi connectivity index (χ1n) is 10.5. The van der Waals surface area contributed by atoms with Crippen molar-refractivity contribution in [3.8, 4) is 5.75 Å². The number of benzene rings is 1. The fraction of sp³-hybridized carbons (Fsp3) is 0.545. The molecule has 1 aromatic carbocycles. The van der Waals surface area contributed by atoms with E-state index in [-0.39, 0.29) is 17.7 Å². The topological polar surface area (TPSA) is 71.4 Å². The number of likely N-dealkylation sites (tertiary alicyclic amines) is 1. The molecule has 2 N–H and O–H groups in total. The predicted octanol–water partition coefficient (Wildman–Crippen LogP) is 4.00. The van der Waals surface area contributed by atoms with Crippen LogP contribution in [0.5, 0.6) is 5.75 Å². The van der Waals surface area contributed by atoms with E-state index in [2.05, 4.69) is 20.6 Å². The van der Waals surface area contributed by atoms with E-state index < -0.39 is 0 Å². The third kappa shape index (κ3) is 5.46. The molecule has 0 radical (unpaired) electrons. The zero-order chi connectivity index (χ0) is 21.3. The van der Waals surface area contributed by atoms with Gasteiger partial charge in [0.25, 0.3) is 0 Å². The summed E-state index contributed by atoms with van der Waals surface area (Å²) >= 11 is 5.91. The van der Waals surface area contributed by atoms with Crippen molar-refractivity contribution in [3.05, 3.63) is 41.0 Å². The smallest absolute Gasteiger partial charge is 0.320 e. The Morgan fingerprint density at radius 1 is 1.27 bits per heavy atom.